The lowest BCUT2D eigenvalue weighted by molar-refractivity contribution is 0.481. The van der Waals surface area contributed by atoms with Crippen molar-refractivity contribution in [2.75, 3.05) is 0 Å². The summed E-state index contributed by atoms with van der Waals surface area (Å²) in [5.41, 5.74) is 0.220. The summed E-state index contributed by atoms with van der Waals surface area (Å²) in [4.78, 5) is 14.2. The first-order valence-corrected chi connectivity index (χ1v) is 5.86. The molecule has 0 atom stereocenters. The molecule has 2 N–H and O–H groups in total. The summed E-state index contributed by atoms with van der Waals surface area (Å²) in [6, 6.07) is 7.53. The number of benzene rings is 2. The number of pyridine rings is 1. The first kappa shape index (κ1) is 12.3. The number of rotatable bonds is 1. The highest BCUT2D eigenvalue weighted by molar-refractivity contribution is 5.99. The van der Waals surface area contributed by atoms with Crippen molar-refractivity contribution in [1.29, 1.82) is 0 Å². The van der Waals surface area contributed by atoms with Crippen LogP contribution in [-0.2, 0) is 0 Å². The van der Waals surface area contributed by atoms with Crippen LogP contribution in [0.3, 0.4) is 0 Å². The van der Waals surface area contributed by atoms with Crippen LogP contribution in [0.1, 0.15) is 0 Å². The Morgan fingerprint density at radius 1 is 1.05 bits per heavy atom. The molecule has 0 saturated heterocycles. The number of aromatic hydroxyl groups is 1. The molecule has 0 aliphatic carbocycles. The van der Waals surface area contributed by atoms with E-state index < -0.39 is 11.6 Å². The van der Waals surface area contributed by atoms with E-state index in [1.54, 1.807) is 0 Å². The van der Waals surface area contributed by atoms with Crippen molar-refractivity contribution in [3.8, 4) is 16.9 Å². The minimum Gasteiger partial charge on any atom is -0.507 e. The van der Waals surface area contributed by atoms with Gasteiger partial charge in [0.2, 0.25) is 0 Å². The molecule has 0 unspecified atom stereocenters. The number of fused-ring (bicyclic) bond motifs is 1. The number of aromatic nitrogens is 1. The van der Waals surface area contributed by atoms with E-state index in [9.17, 15) is 18.7 Å². The monoisotopic (exact) mass is 273 g/mol. The average molecular weight is 273 g/mol. The van der Waals surface area contributed by atoms with Gasteiger partial charge in [0.1, 0.15) is 17.4 Å². The lowest BCUT2D eigenvalue weighted by Crippen LogP contribution is -2.06. The Morgan fingerprint density at radius 3 is 2.45 bits per heavy atom. The summed E-state index contributed by atoms with van der Waals surface area (Å²) in [5, 5.41) is 10.5. The maximum Gasteiger partial charge on any atom is 0.255 e. The van der Waals surface area contributed by atoms with Gasteiger partial charge < -0.3 is 10.1 Å². The van der Waals surface area contributed by atoms with Crippen LogP contribution in [-0.4, -0.2) is 10.1 Å². The van der Waals surface area contributed by atoms with E-state index in [0.717, 1.165) is 18.2 Å². The molecule has 0 amide bonds. The van der Waals surface area contributed by atoms with Crippen LogP contribution in [0.4, 0.5) is 8.78 Å². The number of aromatic amines is 1. The zero-order chi connectivity index (χ0) is 14.3. The Bertz CT molecular complexity index is 851. The number of nitrogens with one attached hydrogen (secondary N) is 1. The molecule has 3 aromatic rings. The van der Waals surface area contributed by atoms with Crippen LogP contribution in [0.15, 0.2) is 47.4 Å². The van der Waals surface area contributed by atoms with Crippen molar-refractivity contribution >= 4 is 10.8 Å². The van der Waals surface area contributed by atoms with Crippen molar-refractivity contribution in [3.63, 3.8) is 0 Å². The minimum atomic E-state index is -0.727. The van der Waals surface area contributed by atoms with Gasteiger partial charge in [-0.05, 0) is 29.8 Å². The molecule has 0 bridgehead atoms. The smallest absolute Gasteiger partial charge is 0.255 e. The van der Waals surface area contributed by atoms with Gasteiger partial charge in [-0.25, -0.2) is 8.78 Å². The molecule has 5 heteroatoms. The fraction of sp³-hybridized carbons (Fsp3) is 0. The summed E-state index contributed by atoms with van der Waals surface area (Å²) in [7, 11) is 0. The molecule has 20 heavy (non-hydrogen) atoms. The summed E-state index contributed by atoms with van der Waals surface area (Å²) in [6.07, 6.45) is 1.33. The second-order valence-corrected chi connectivity index (χ2v) is 4.39. The van der Waals surface area contributed by atoms with E-state index in [2.05, 4.69) is 4.98 Å². The van der Waals surface area contributed by atoms with Crippen molar-refractivity contribution < 1.29 is 13.9 Å². The molecule has 0 aliphatic rings. The SMILES string of the molecule is O=c1[nH]cc(-c2cc(F)cc(F)c2)c2c(O)cccc12. The van der Waals surface area contributed by atoms with Crippen LogP contribution in [0.25, 0.3) is 21.9 Å². The molecule has 3 nitrogen and oxygen atoms in total. The third-order valence-corrected chi connectivity index (χ3v) is 3.08. The Balaban J connectivity index is 2.43. The first-order chi connectivity index (χ1) is 9.56. The van der Waals surface area contributed by atoms with Crippen molar-refractivity contribution in [1.82, 2.24) is 4.98 Å². The van der Waals surface area contributed by atoms with Crippen molar-refractivity contribution in [3.05, 3.63) is 64.6 Å². The van der Waals surface area contributed by atoms with Crippen LogP contribution in [0.2, 0.25) is 0 Å². The van der Waals surface area contributed by atoms with E-state index in [-0.39, 0.29) is 27.6 Å². The standard InChI is InChI=1S/C15H9F2NO2/c16-9-4-8(5-10(17)6-9)12-7-18-15(20)11-2-1-3-13(19)14(11)12/h1-7,19H,(H,18,20). The molecule has 0 radical (unpaired) electrons. The Labute approximate surface area is 112 Å². The highest BCUT2D eigenvalue weighted by Gasteiger charge is 2.12. The second-order valence-electron chi connectivity index (χ2n) is 4.39. The highest BCUT2D eigenvalue weighted by Crippen LogP contribution is 2.33. The molecule has 3 rings (SSSR count). The minimum absolute atomic E-state index is 0.117. The maximum atomic E-state index is 13.3. The topological polar surface area (TPSA) is 53.1 Å². The molecule has 0 aliphatic heterocycles. The quantitative estimate of drug-likeness (QED) is 0.715. The molecule has 0 spiro atoms. The van der Waals surface area contributed by atoms with E-state index in [1.165, 1.54) is 24.4 Å². The zero-order valence-electron chi connectivity index (χ0n) is 10.2. The number of phenols is 1. The van der Waals surface area contributed by atoms with Gasteiger partial charge in [0.15, 0.2) is 0 Å². The largest absolute Gasteiger partial charge is 0.507 e. The number of hydrogen-bond donors (Lipinski definition) is 2. The Morgan fingerprint density at radius 2 is 1.75 bits per heavy atom. The zero-order valence-corrected chi connectivity index (χ0v) is 10.2. The predicted octanol–water partition coefficient (Wildman–Crippen LogP) is 3.18. The van der Waals surface area contributed by atoms with Gasteiger partial charge in [0.25, 0.3) is 5.56 Å². The van der Waals surface area contributed by atoms with Gasteiger partial charge in [0.05, 0.1) is 5.39 Å². The van der Waals surface area contributed by atoms with E-state index in [4.69, 9.17) is 0 Å². The third kappa shape index (κ3) is 1.93. The van der Waals surface area contributed by atoms with Gasteiger partial charge in [0, 0.05) is 23.2 Å². The van der Waals surface area contributed by atoms with Gasteiger partial charge in [-0.2, -0.15) is 0 Å². The second kappa shape index (κ2) is 4.45. The van der Waals surface area contributed by atoms with E-state index in [1.807, 2.05) is 0 Å². The van der Waals surface area contributed by atoms with Gasteiger partial charge in [-0.1, -0.05) is 6.07 Å². The van der Waals surface area contributed by atoms with Gasteiger partial charge in [-0.15, -0.1) is 0 Å². The van der Waals surface area contributed by atoms with Gasteiger partial charge in [-0.3, -0.25) is 4.79 Å². The van der Waals surface area contributed by atoms with E-state index >= 15 is 0 Å². The number of hydrogen-bond acceptors (Lipinski definition) is 2. The summed E-state index contributed by atoms with van der Waals surface area (Å²) >= 11 is 0. The normalized spacial score (nSPS) is 10.9. The van der Waals surface area contributed by atoms with E-state index in [0.29, 0.717) is 5.56 Å². The number of halogens is 2. The lowest BCUT2D eigenvalue weighted by atomic mass is 10.00. The summed E-state index contributed by atoms with van der Waals surface area (Å²) in [6.45, 7) is 0. The molecule has 2 aromatic carbocycles. The maximum absolute atomic E-state index is 13.3. The number of H-pyrrole nitrogens is 1. The molecule has 1 aromatic heterocycles. The summed E-state index contributed by atoms with van der Waals surface area (Å²) in [5.74, 6) is -1.57. The predicted molar refractivity (Wildman–Crippen MR) is 71.6 cm³/mol. The highest BCUT2D eigenvalue weighted by atomic mass is 19.1. The Kier molecular flexibility index (Phi) is 2.75. The van der Waals surface area contributed by atoms with Crippen molar-refractivity contribution in [2.24, 2.45) is 0 Å². The van der Waals surface area contributed by atoms with Crippen molar-refractivity contribution in [2.45, 2.75) is 0 Å². The molecule has 100 valence electrons. The fourth-order valence-corrected chi connectivity index (χ4v) is 2.24. The molecule has 1 heterocycles. The lowest BCUT2D eigenvalue weighted by Gasteiger charge is -2.08. The summed E-state index contributed by atoms with van der Waals surface area (Å²) < 4.78 is 26.6. The van der Waals surface area contributed by atoms with Crippen LogP contribution < -0.4 is 5.56 Å². The Hall–Kier alpha value is -2.69. The van der Waals surface area contributed by atoms with Crippen LogP contribution in [0, 0.1) is 11.6 Å². The van der Waals surface area contributed by atoms with Crippen LogP contribution in [0.5, 0.6) is 5.75 Å². The van der Waals surface area contributed by atoms with Crippen LogP contribution >= 0.6 is 0 Å². The molecular weight excluding hydrogens is 264 g/mol. The number of phenolic OH excluding ortho intramolecular Hbond substituents is 1. The fourth-order valence-electron chi connectivity index (χ4n) is 2.24. The molecular formula is C15H9F2NO2. The average Bonchev–Trinajstić information content (AvgIpc) is 2.39. The molecule has 0 saturated carbocycles. The molecule has 0 fully saturated rings. The first-order valence-electron chi connectivity index (χ1n) is 5.86. The third-order valence-electron chi connectivity index (χ3n) is 3.08. The van der Waals surface area contributed by atoms with Gasteiger partial charge >= 0.3 is 0 Å².